The van der Waals surface area contributed by atoms with Crippen LogP contribution in [-0.4, -0.2) is 46.8 Å². The van der Waals surface area contributed by atoms with Gasteiger partial charge in [0, 0.05) is 12.2 Å². The van der Waals surface area contributed by atoms with Gasteiger partial charge in [0.1, 0.15) is 0 Å². The Morgan fingerprint density at radius 1 is 1.17 bits per heavy atom. The fourth-order valence-electron chi connectivity index (χ4n) is 3.05. The van der Waals surface area contributed by atoms with Crippen LogP contribution < -0.4 is 10.9 Å². The van der Waals surface area contributed by atoms with E-state index in [1.54, 1.807) is 10.6 Å². The lowest BCUT2D eigenvalue weighted by Crippen LogP contribution is -2.26. The molecular formula is C22H26N4O2S. The molecule has 0 aliphatic heterocycles. The minimum absolute atomic E-state index is 0.0593. The zero-order chi connectivity index (χ0) is 20.8. The van der Waals surface area contributed by atoms with Gasteiger partial charge < -0.3 is 10.2 Å². The van der Waals surface area contributed by atoms with Crippen molar-refractivity contribution < 1.29 is 4.79 Å². The van der Waals surface area contributed by atoms with E-state index in [1.165, 1.54) is 11.8 Å². The molecule has 1 heterocycles. The number of aryl methyl sites for hydroxylation is 1. The number of rotatable bonds is 8. The average molecular weight is 411 g/mol. The highest BCUT2D eigenvalue weighted by atomic mass is 32.2. The van der Waals surface area contributed by atoms with Crippen LogP contribution in [0, 0.1) is 6.92 Å². The number of aromatic nitrogens is 2. The van der Waals surface area contributed by atoms with Crippen molar-refractivity contribution in [2.24, 2.45) is 0 Å². The number of nitrogens with zero attached hydrogens (tertiary/aromatic N) is 3. The summed E-state index contributed by atoms with van der Waals surface area (Å²) in [4.78, 5) is 32.1. The molecule has 3 aromatic rings. The summed E-state index contributed by atoms with van der Waals surface area (Å²) < 4.78 is 1.69. The van der Waals surface area contributed by atoms with Crippen LogP contribution in [0.2, 0.25) is 0 Å². The summed E-state index contributed by atoms with van der Waals surface area (Å²) in [5, 5.41) is 4.08. The van der Waals surface area contributed by atoms with Crippen LogP contribution in [0.4, 0.5) is 5.69 Å². The summed E-state index contributed by atoms with van der Waals surface area (Å²) >= 11 is 1.29. The molecule has 6 nitrogen and oxygen atoms in total. The van der Waals surface area contributed by atoms with E-state index in [0.29, 0.717) is 22.6 Å². The van der Waals surface area contributed by atoms with Crippen molar-refractivity contribution in [3.05, 3.63) is 64.4 Å². The Bertz CT molecular complexity index is 1060. The maximum Gasteiger partial charge on any atom is 0.262 e. The number of benzene rings is 2. The van der Waals surface area contributed by atoms with Crippen LogP contribution in [-0.2, 0) is 11.3 Å². The van der Waals surface area contributed by atoms with E-state index in [4.69, 9.17) is 0 Å². The number of hydrogen-bond donors (Lipinski definition) is 1. The normalized spacial score (nSPS) is 11.2. The molecule has 0 aliphatic rings. The summed E-state index contributed by atoms with van der Waals surface area (Å²) in [6, 6.07) is 15.0. The Morgan fingerprint density at radius 3 is 2.72 bits per heavy atom. The molecular weight excluding hydrogens is 384 g/mol. The lowest BCUT2D eigenvalue weighted by Gasteiger charge is -2.15. The molecule has 2 aromatic carbocycles. The first-order valence-corrected chi connectivity index (χ1v) is 10.6. The van der Waals surface area contributed by atoms with Crippen molar-refractivity contribution in [3.63, 3.8) is 0 Å². The Morgan fingerprint density at radius 2 is 1.97 bits per heavy atom. The monoisotopic (exact) mass is 410 g/mol. The Kier molecular flexibility index (Phi) is 7.06. The smallest absolute Gasteiger partial charge is 0.262 e. The predicted molar refractivity (Wildman–Crippen MR) is 120 cm³/mol. The van der Waals surface area contributed by atoms with Crippen molar-refractivity contribution in [1.29, 1.82) is 0 Å². The van der Waals surface area contributed by atoms with Gasteiger partial charge in [0.2, 0.25) is 5.91 Å². The molecule has 1 amide bonds. The van der Waals surface area contributed by atoms with Crippen molar-refractivity contribution in [2.45, 2.75) is 25.0 Å². The molecule has 1 aromatic heterocycles. The number of hydrogen-bond acceptors (Lipinski definition) is 5. The molecule has 0 radical (unpaired) electrons. The minimum atomic E-state index is -0.122. The zero-order valence-electron chi connectivity index (χ0n) is 17.0. The number of carbonyl (C=O) groups excluding carboxylic acids is 1. The van der Waals surface area contributed by atoms with Gasteiger partial charge in [-0.2, -0.15) is 0 Å². The maximum atomic E-state index is 13.0. The second kappa shape index (κ2) is 9.71. The topological polar surface area (TPSA) is 67.2 Å². The molecule has 29 heavy (non-hydrogen) atoms. The molecule has 0 bridgehead atoms. The third-order valence-corrected chi connectivity index (χ3v) is 5.42. The Balaban J connectivity index is 1.79. The second-order valence-electron chi connectivity index (χ2n) is 7.23. The second-order valence-corrected chi connectivity index (χ2v) is 8.17. The van der Waals surface area contributed by atoms with Gasteiger partial charge in [-0.05, 0) is 63.8 Å². The van der Waals surface area contributed by atoms with Crippen molar-refractivity contribution >= 4 is 34.3 Å². The molecule has 0 spiro atoms. The summed E-state index contributed by atoms with van der Waals surface area (Å²) in [7, 11) is 4.01. The first-order chi connectivity index (χ1) is 13.9. The van der Waals surface area contributed by atoms with Gasteiger partial charge in [0.25, 0.3) is 5.56 Å². The van der Waals surface area contributed by atoms with Gasteiger partial charge in [-0.25, -0.2) is 4.98 Å². The lowest BCUT2D eigenvalue weighted by molar-refractivity contribution is -0.113. The Hall–Kier alpha value is -2.64. The molecule has 3 rings (SSSR count). The van der Waals surface area contributed by atoms with E-state index in [0.717, 1.165) is 24.2 Å². The summed E-state index contributed by atoms with van der Waals surface area (Å²) in [6.45, 7) is 3.42. The number of amides is 1. The molecule has 0 saturated carbocycles. The largest absolute Gasteiger partial charge is 0.325 e. The molecule has 0 atom stereocenters. The lowest BCUT2D eigenvalue weighted by atomic mass is 10.2. The quantitative estimate of drug-likeness (QED) is 0.455. The maximum absolute atomic E-state index is 13.0. The molecule has 0 unspecified atom stereocenters. The van der Waals surface area contributed by atoms with E-state index in [1.807, 2.05) is 63.5 Å². The SMILES string of the molecule is Cc1cccc(NC(=O)CSc2nc3ccccc3c(=O)n2CCCN(C)C)c1. The highest BCUT2D eigenvalue weighted by Crippen LogP contribution is 2.19. The standard InChI is InChI=1S/C22H26N4O2S/c1-16-8-6-9-17(14-16)23-20(27)15-29-22-24-19-11-5-4-10-18(19)21(28)26(22)13-7-12-25(2)3/h4-6,8-11,14H,7,12-13,15H2,1-3H3,(H,23,27). The zero-order valence-corrected chi connectivity index (χ0v) is 17.8. The van der Waals surface area contributed by atoms with Gasteiger partial charge >= 0.3 is 0 Å². The molecule has 1 N–H and O–H groups in total. The highest BCUT2D eigenvalue weighted by Gasteiger charge is 2.13. The van der Waals surface area contributed by atoms with Crippen molar-refractivity contribution in [1.82, 2.24) is 14.5 Å². The summed E-state index contributed by atoms with van der Waals surface area (Å²) in [5.41, 5.74) is 2.45. The first kappa shape index (κ1) is 21.1. The highest BCUT2D eigenvalue weighted by molar-refractivity contribution is 7.99. The van der Waals surface area contributed by atoms with Gasteiger partial charge in [-0.1, -0.05) is 36.0 Å². The van der Waals surface area contributed by atoms with Gasteiger partial charge in [0.05, 0.1) is 16.7 Å². The number of nitrogens with one attached hydrogen (secondary N) is 1. The van der Waals surface area contributed by atoms with Gasteiger partial charge in [-0.3, -0.25) is 14.2 Å². The fraction of sp³-hybridized carbons (Fsp3) is 0.318. The van der Waals surface area contributed by atoms with Crippen molar-refractivity contribution in [2.75, 3.05) is 31.7 Å². The third kappa shape index (κ3) is 5.68. The van der Waals surface area contributed by atoms with Crippen molar-refractivity contribution in [3.8, 4) is 0 Å². The third-order valence-electron chi connectivity index (χ3n) is 4.45. The van der Waals surface area contributed by atoms with E-state index in [-0.39, 0.29) is 17.2 Å². The average Bonchev–Trinajstić information content (AvgIpc) is 2.68. The van der Waals surface area contributed by atoms with E-state index >= 15 is 0 Å². The molecule has 0 saturated heterocycles. The number of fused-ring (bicyclic) bond motifs is 1. The van der Waals surface area contributed by atoms with Gasteiger partial charge in [-0.15, -0.1) is 0 Å². The number of para-hydroxylation sites is 1. The molecule has 0 aliphatic carbocycles. The van der Waals surface area contributed by atoms with E-state index in [9.17, 15) is 9.59 Å². The molecule has 7 heteroatoms. The molecule has 0 fully saturated rings. The summed E-state index contributed by atoms with van der Waals surface area (Å²) in [5.74, 6) is 0.0645. The van der Waals surface area contributed by atoms with Crippen LogP contribution in [0.3, 0.4) is 0 Å². The number of anilines is 1. The number of thioether (sulfide) groups is 1. The first-order valence-electron chi connectivity index (χ1n) is 9.57. The van der Waals surface area contributed by atoms with E-state index in [2.05, 4.69) is 15.2 Å². The van der Waals surface area contributed by atoms with Crippen LogP contribution in [0.1, 0.15) is 12.0 Å². The number of carbonyl (C=O) groups is 1. The van der Waals surface area contributed by atoms with E-state index < -0.39 is 0 Å². The fourth-order valence-corrected chi connectivity index (χ4v) is 3.88. The molecule has 152 valence electrons. The van der Waals surface area contributed by atoms with Crippen LogP contribution in [0.5, 0.6) is 0 Å². The van der Waals surface area contributed by atoms with Crippen LogP contribution in [0.25, 0.3) is 10.9 Å². The summed E-state index contributed by atoms with van der Waals surface area (Å²) in [6.07, 6.45) is 0.829. The van der Waals surface area contributed by atoms with Gasteiger partial charge in [0.15, 0.2) is 5.16 Å². The van der Waals surface area contributed by atoms with Crippen LogP contribution >= 0.6 is 11.8 Å². The Labute approximate surface area is 174 Å². The minimum Gasteiger partial charge on any atom is -0.325 e. The predicted octanol–water partition coefficient (Wildman–Crippen LogP) is 3.39. The van der Waals surface area contributed by atoms with Crippen LogP contribution in [0.15, 0.2) is 58.5 Å².